The SMILES string of the molecule is Cc1noc(C)c1CNc1ccnc(C#N)c1. The maximum Gasteiger partial charge on any atom is 0.142 e. The van der Waals surface area contributed by atoms with Crippen molar-refractivity contribution in [3.63, 3.8) is 0 Å². The van der Waals surface area contributed by atoms with Crippen molar-refractivity contribution in [2.24, 2.45) is 0 Å². The van der Waals surface area contributed by atoms with Gasteiger partial charge < -0.3 is 9.84 Å². The monoisotopic (exact) mass is 228 g/mol. The molecule has 0 aromatic carbocycles. The van der Waals surface area contributed by atoms with E-state index < -0.39 is 0 Å². The molecule has 0 aliphatic rings. The third-order valence-corrected chi connectivity index (χ3v) is 2.52. The van der Waals surface area contributed by atoms with Gasteiger partial charge in [0.25, 0.3) is 0 Å². The lowest BCUT2D eigenvalue weighted by Crippen LogP contribution is -2.01. The number of rotatable bonds is 3. The largest absolute Gasteiger partial charge is 0.381 e. The van der Waals surface area contributed by atoms with Crippen LogP contribution in [0.4, 0.5) is 5.69 Å². The summed E-state index contributed by atoms with van der Waals surface area (Å²) in [7, 11) is 0. The zero-order valence-corrected chi connectivity index (χ0v) is 9.69. The fourth-order valence-electron chi connectivity index (χ4n) is 1.55. The van der Waals surface area contributed by atoms with Gasteiger partial charge in [0.05, 0.1) is 5.69 Å². The highest BCUT2D eigenvalue weighted by Gasteiger charge is 2.08. The Balaban J connectivity index is 2.10. The van der Waals surface area contributed by atoms with Crippen molar-refractivity contribution in [1.29, 1.82) is 5.26 Å². The first-order valence-electron chi connectivity index (χ1n) is 5.22. The summed E-state index contributed by atoms with van der Waals surface area (Å²) in [5.41, 5.74) is 3.18. The van der Waals surface area contributed by atoms with Crippen molar-refractivity contribution >= 4 is 5.69 Å². The lowest BCUT2D eigenvalue weighted by atomic mass is 10.2. The van der Waals surface area contributed by atoms with Crippen molar-refractivity contribution in [2.45, 2.75) is 20.4 Å². The second-order valence-electron chi connectivity index (χ2n) is 3.70. The van der Waals surface area contributed by atoms with Crippen molar-refractivity contribution in [2.75, 3.05) is 5.32 Å². The smallest absolute Gasteiger partial charge is 0.142 e. The molecule has 0 aliphatic carbocycles. The Hall–Kier alpha value is -2.35. The average Bonchev–Trinajstić information content (AvgIpc) is 2.67. The topological polar surface area (TPSA) is 74.7 Å². The normalized spacial score (nSPS) is 9.94. The molecule has 0 aliphatic heterocycles. The van der Waals surface area contributed by atoms with Gasteiger partial charge in [0.2, 0.25) is 0 Å². The van der Waals surface area contributed by atoms with Crippen LogP contribution in [0.1, 0.15) is 22.7 Å². The molecule has 86 valence electrons. The van der Waals surface area contributed by atoms with Crippen LogP contribution in [-0.2, 0) is 6.54 Å². The quantitative estimate of drug-likeness (QED) is 0.871. The summed E-state index contributed by atoms with van der Waals surface area (Å²) >= 11 is 0. The van der Waals surface area contributed by atoms with Crippen LogP contribution in [0, 0.1) is 25.2 Å². The van der Waals surface area contributed by atoms with Crippen LogP contribution in [0.2, 0.25) is 0 Å². The van der Waals surface area contributed by atoms with E-state index in [-0.39, 0.29) is 0 Å². The first-order valence-corrected chi connectivity index (χ1v) is 5.22. The van der Waals surface area contributed by atoms with Crippen LogP contribution >= 0.6 is 0 Å². The summed E-state index contributed by atoms with van der Waals surface area (Å²) in [6.07, 6.45) is 1.61. The summed E-state index contributed by atoms with van der Waals surface area (Å²) in [6.45, 7) is 4.40. The minimum absolute atomic E-state index is 0.397. The van der Waals surface area contributed by atoms with Gasteiger partial charge in [0.15, 0.2) is 0 Å². The molecular weight excluding hydrogens is 216 g/mol. The molecule has 0 saturated carbocycles. The zero-order valence-electron chi connectivity index (χ0n) is 9.69. The Morgan fingerprint density at radius 1 is 1.47 bits per heavy atom. The van der Waals surface area contributed by atoms with Crippen molar-refractivity contribution < 1.29 is 4.52 Å². The molecule has 2 aromatic heterocycles. The van der Waals surface area contributed by atoms with Gasteiger partial charge in [-0.25, -0.2) is 4.98 Å². The van der Waals surface area contributed by atoms with E-state index >= 15 is 0 Å². The van der Waals surface area contributed by atoms with Crippen molar-refractivity contribution in [3.05, 3.63) is 41.0 Å². The van der Waals surface area contributed by atoms with E-state index in [2.05, 4.69) is 15.5 Å². The second kappa shape index (κ2) is 4.66. The van der Waals surface area contributed by atoms with Gasteiger partial charge in [-0.3, -0.25) is 0 Å². The molecule has 17 heavy (non-hydrogen) atoms. The Morgan fingerprint density at radius 2 is 2.29 bits per heavy atom. The van der Waals surface area contributed by atoms with Gasteiger partial charge in [0.1, 0.15) is 17.5 Å². The third-order valence-electron chi connectivity index (χ3n) is 2.52. The molecule has 5 nitrogen and oxygen atoms in total. The minimum atomic E-state index is 0.397. The van der Waals surface area contributed by atoms with Gasteiger partial charge in [-0.15, -0.1) is 0 Å². The Labute approximate surface area is 99.1 Å². The van der Waals surface area contributed by atoms with E-state index in [1.165, 1.54) is 0 Å². The van der Waals surface area contributed by atoms with Crippen LogP contribution in [0.3, 0.4) is 0 Å². The summed E-state index contributed by atoms with van der Waals surface area (Å²) in [5.74, 6) is 0.810. The lowest BCUT2D eigenvalue weighted by molar-refractivity contribution is 0.392. The number of anilines is 1. The number of aromatic nitrogens is 2. The molecule has 0 unspecified atom stereocenters. The predicted molar refractivity (Wildman–Crippen MR) is 62.3 cm³/mol. The maximum atomic E-state index is 8.74. The number of nitriles is 1. The average molecular weight is 228 g/mol. The van der Waals surface area contributed by atoms with Gasteiger partial charge in [-0.05, 0) is 26.0 Å². The molecule has 5 heteroatoms. The molecule has 0 saturated heterocycles. The minimum Gasteiger partial charge on any atom is -0.381 e. The van der Waals surface area contributed by atoms with E-state index in [4.69, 9.17) is 9.78 Å². The first kappa shape index (κ1) is 11.1. The van der Waals surface area contributed by atoms with Crippen LogP contribution < -0.4 is 5.32 Å². The number of pyridine rings is 1. The number of hydrogen-bond acceptors (Lipinski definition) is 5. The van der Waals surface area contributed by atoms with Crippen LogP contribution in [0.15, 0.2) is 22.9 Å². The predicted octanol–water partition coefficient (Wildman–Crippen LogP) is 2.17. The first-order chi connectivity index (χ1) is 8.20. The molecule has 2 heterocycles. The van der Waals surface area contributed by atoms with Crippen LogP contribution in [0.25, 0.3) is 0 Å². The summed E-state index contributed by atoms with van der Waals surface area (Å²) in [5, 5.41) is 15.8. The zero-order chi connectivity index (χ0) is 12.3. The molecule has 1 N–H and O–H groups in total. The molecular formula is C12H12N4O. The Kier molecular flexibility index (Phi) is 3.06. The summed E-state index contributed by atoms with van der Waals surface area (Å²) in [4.78, 5) is 3.91. The van der Waals surface area contributed by atoms with E-state index in [9.17, 15) is 0 Å². The molecule has 2 aromatic rings. The summed E-state index contributed by atoms with van der Waals surface area (Å²) in [6, 6.07) is 5.53. The highest BCUT2D eigenvalue weighted by Crippen LogP contribution is 2.15. The van der Waals surface area contributed by atoms with E-state index in [1.54, 1.807) is 12.3 Å². The molecule has 0 bridgehead atoms. The number of nitrogens with one attached hydrogen (secondary N) is 1. The molecule has 2 rings (SSSR count). The number of aryl methyl sites for hydroxylation is 2. The standard InChI is InChI=1S/C12H12N4O/c1-8-12(9(2)17-16-8)7-15-10-3-4-14-11(5-10)6-13/h3-5H,7H2,1-2H3,(H,14,15). The van der Waals surface area contributed by atoms with Crippen LogP contribution in [0.5, 0.6) is 0 Å². The Morgan fingerprint density at radius 3 is 2.94 bits per heavy atom. The van der Waals surface area contributed by atoms with E-state index in [1.807, 2.05) is 26.0 Å². The number of hydrogen-bond donors (Lipinski definition) is 1. The molecule has 0 radical (unpaired) electrons. The molecule has 0 atom stereocenters. The summed E-state index contributed by atoms with van der Waals surface area (Å²) < 4.78 is 5.07. The van der Waals surface area contributed by atoms with Crippen molar-refractivity contribution in [3.8, 4) is 6.07 Å². The van der Waals surface area contributed by atoms with Crippen LogP contribution in [-0.4, -0.2) is 10.1 Å². The fourth-order valence-corrected chi connectivity index (χ4v) is 1.55. The second-order valence-corrected chi connectivity index (χ2v) is 3.70. The lowest BCUT2D eigenvalue weighted by Gasteiger charge is -2.05. The Bertz CT molecular complexity index is 549. The third kappa shape index (κ3) is 2.42. The maximum absolute atomic E-state index is 8.74. The highest BCUT2D eigenvalue weighted by atomic mass is 16.5. The molecule has 0 amide bonds. The van der Waals surface area contributed by atoms with Gasteiger partial charge in [0, 0.05) is 24.0 Å². The van der Waals surface area contributed by atoms with E-state index in [0.29, 0.717) is 12.2 Å². The van der Waals surface area contributed by atoms with E-state index in [0.717, 1.165) is 22.7 Å². The fraction of sp³-hybridized carbons (Fsp3) is 0.250. The molecule has 0 spiro atoms. The number of nitrogens with zero attached hydrogens (tertiary/aromatic N) is 3. The van der Waals surface area contributed by atoms with Crippen molar-refractivity contribution in [1.82, 2.24) is 10.1 Å². The highest BCUT2D eigenvalue weighted by molar-refractivity contribution is 5.46. The van der Waals surface area contributed by atoms with Gasteiger partial charge >= 0.3 is 0 Å². The molecule has 0 fully saturated rings. The van der Waals surface area contributed by atoms with Gasteiger partial charge in [-0.1, -0.05) is 5.16 Å². The van der Waals surface area contributed by atoms with Gasteiger partial charge in [-0.2, -0.15) is 5.26 Å².